The molecule has 3 nitrogen and oxygen atoms in total. The summed E-state index contributed by atoms with van der Waals surface area (Å²) in [5.74, 6) is 0. The van der Waals surface area contributed by atoms with Gasteiger partial charge in [-0.3, -0.25) is 0 Å². The molecule has 0 atom stereocenters. The average Bonchev–Trinajstić information content (AvgIpc) is 1.85. The summed E-state index contributed by atoms with van der Waals surface area (Å²) in [6, 6.07) is 0. The van der Waals surface area contributed by atoms with E-state index in [0.717, 1.165) is 0 Å². The van der Waals surface area contributed by atoms with Gasteiger partial charge in [-0.25, -0.2) is 9.78 Å². The topological polar surface area (TPSA) is 27.7 Å². The van der Waals surface area contributed by atoms with Gasteiger partial charge >= 0.3 is 0 Å². The van der Waals surface area contributed by atoms with E-state index in [2.05, 4.69) is 14.8 Å². The van der Waals surface area contributed by atoms with E-state index in [0.29, 0.717) is 0 Å². The molecule has 0 rings (SSSR count). The van der Waals surface area contributed by atoms with E-state index in [1.807, 2.05) is 0 Å². The molecule has 0 aromatic rings. The van der Waals surface area contributed by atoms with Crippen LogP contribution in [-0.2, 0) is 33.4 Å². The molecule has 0 bridgehead atoms. The van der Waals surface area contributed by atoms with Crippen LogP contribution >= 0.6 is 46.4 Å². The number of alkyl halides is 4. The van der Waals surface area contributed by atoms with Gasteiger partial charge in [-0.05, 0) is 0 Å². The van der Waals surface area contributed by atoms with Crippen LogP contribution in [0.3, 0.4) is 0 Å². The van der Waals surface area contributed by atoms with Crippen molar-refractivity contribution in [3.05, 3.63) is 0 Å². The van der Waals surface area contributed by atoms with Crippen molar-refractivity contribution in [2.24, 2.45) is 0 Å². The molecule has 0 unspecified atom stereocenters. The summed E-state index contributed by atoms with van der Waals surface area (Å²) < 4.78 is 0. The Hall–Kier alpha value is 1.62. The zero-order chi connectivity index (χ0) is 8.69. The van der Waals surface area contributed by atoms with Gasteiger partial charge in [0.15, 0.2) is 0 Å². The van der Waals surface area contributed by atoms with E-state index >= 15 is 0 Å². The van der Waals surface area contributed by atoms with Gasteiger partial charge in [-0.1, -0.05) is 5.04 Å². The summed E-state index contributed by atoms with van der Waals surface area (Å²) in [5.41, 5.74) is 0. The first kappa shape index (κ1) is 16.1. The van der Waals surface area contributed by atoms with Crippen molar-refractivity contribution in [2.75, 3.05) is 13.2 Å². The van der Waals surface area contributed by atoms with Gasteiger partial charge < -0.3 is 0 Å². The number of halogens is 4. The first-order valence-corrected chi connectivity index (χ1v) is 4.35. The number of rotatable bonds is 6. The minimum atomic E-state index is -0.651. The summed E-state index contributed by atoms with van der Waals surface area (Å²) in [4.78, 5) is 7.38. The summed E-state index contributed by atoms with van der Waals surface area (Å²) in [5, 5.41) is 4.12. The molecule has 73 valence electrons. The predicted octanol–water partition coefficient (Wildman–Crippen LogP) is 2.47. The third-order valence-corrected chi connectivity index (χ3v) is 0.988. The quantitative estimate of drug-likeness (QED) is 0.326. The molecule has 8 heteroatoms. The van der Waals surface area contributed by atoms with Gasteiger partial charge in [0.2, 0.25) is 0 Å². The molecule has 0 aromatic heterocycles. The number of hydrogen-bond acceptors (Lipinski definition) is 3. The van der Waals surface area contributed by atoms with Gasteiger partial charge in [-0.2, -0.15) is 0 Å². The summed E-state index contributed by atoms with van der Waals surface area (Å²) >= 11 is 21.1. The minimum absolute atomic E-state index is 0. The van der Waals surface area contributed by atoms with Crippen molar-refractivity contribution in [3.63, 3.8) is 0 Å². The predicted molar refractivity (Wildman–Crippen MR) is 44.0 cm³/mol. The van der Waals surface area contributed by atoms with E-state index in [-0.39, 0.29) is 31.8 Å². The van der Waals surface area contributed by atoms with Crippen molar-refractivity contribution in [1.29, 1.82) is 0 Å². The second-order valence-electron chi connectivity index (χ2n) is 1.42. The first-order valence-electron chi connectivity index (χ1n) is 2.60. The molecule has 0 aliphatic carbocycles. The Kier molecular flexibility index (Phi) is 14.3. The van der Waals surface area contributed by atoms with Crippen LogP contribution < -0.4 is 0 Å². The van der Waals surface area contributed by atoms with Crippen molar-refractivity contribution in [2.45, 2.75) is 9.67 Å². The standard InChI is InChI=1S/C4H6Cl4O3.V/c5-3(6)1-9-11-10-2-4(7)8;/h3-4H,1-2H2;. The van der Waals surface area contributed by atoms with Crippen molar-refractivity contribution < 1.29 is 33.4 Å². The Balaban J connectivity index is 0. The maximum absolute atomic E-state index is 5.27. The summed E-state index contributed by atoms with van der Waals surface area (Å²) in [7, 11) is 0. The fourth-order valence-electron chi connectivity index (χ4n) is 0.192. The van der Waals surface area contributed by atoms with Gasteiger partial charge in [0.25, 0.3) is 0 Å². The van der Waals surface area contributed by atoms with Gasteiger partial charge in [-0.15, -0.1) is 46.4 Å². The van der Waals surface area contributed by atoms with Gasteiger partial charge in [0, 0.05) is 18.6 Å². The molecule has 0 fully saturated rings. The van der Waals surface area contributed by atoms with Crippen LogP contribution in [0.4, 0.5) is 0 Å². The molecule has 0 amide bonds. The Labute approximate surface area is 102 Å². The van der Waals surface area contributed by atoms with E-state index in [9.17, 15) is 0 Å². The third-order valence-electron chi connectivity index (χ3n) is 0.484. The Morgan fingerprint density at radius 2 is 1.17 bits per heavy atom. The van der Waals surface area contributed by atoms with Crippen LogP contribution in [0.25, 0.3) is 0 Å². The third kappa shape index (κ3) is 14.2. The van der Waals surface area contributed by atoms with Crippen LogP contribution in [0.15, 0.2) is 0 Å². The normalized spacial score (nSPS) is 10.5. The zero-order valence-electron chi connectivity index (χ0n) is 5.75. The summed E-state index contributed by atoms with van der Waals surface area (Å²) in [6.45, 7) is 0.0245. The fourth-order valence-corrected chi connectivity index (χ4v) is 0.398. The molecule has 0 aromatic carbocycles. The first-order chi connectivity index (χ1) is 5.13. The van der Waals surface area contributed by atoms with Crippen molar-refractivity contribution in [3.8, 4) is 0 Å². The van der Waals surface area contributed by atoms with Gasteiger partial charge in [0.1, 0.15) is 22.9 Å². The molecule has 0 aliphatic heterocycles. The minimum Gasteiger partial charge on any atom is -0.203 e. The fraction of sp³-hybridized carbons (Fsp3) is 1.00. The van der Waals surface area contributed by atoms with Crippen LogP contribution in [0.5, 0.6) is 0 Å². The van der Waals surface area contributed by atoms with E-state index < -0.39 is 9.67 Å². The van der Waals surface area contributed by atoms with E-state index in [1.165, 1.54) is 0 Å². The second-order valence-corrected chi connectivity index (χ2v) is 3.97. The molecule has 12 heavy (non-hydrogen) atoms. The maximum atomic E-state index is 5.27. The van der Waals surface area contributed by atoms with Crippen molar-refractivity contribution in [1.82, 2.24) is 0 Å². The average molecular weight is 295 g/mol. The molecule has 1 radical (unpaired) electrons. The van der Waals surface area contributed by atoms with Crippen LogP contribution in [-0.4, -0.2) is 22.9 Å². The van der Waals surface area contributed by atoms with Crippen LogP contribution in [0.1, 0.15) is 0 Å². The molecule has 0 saturated carbocycles. The maximum Gasteiger partial charge on any atom is 0.134 e. The Morgan fingerprint density at radius 1 is 0.833 bits per heavy atom. The monoisotopic (exact) mass is 293 g/mol. The van der Waals surface area contributed by atoms with E-state index in [1.54, 1.807) is 0 Å². The summed E-state index contributed by atoms with van der Waals surface area (Å²) in [6.07, 6.45) is 0. The largest absolute Gasteiger partial charge is 0.203 e. The Bertz CT molecular complexity index is 84.4. The molecule has 0 spiro atoms. The Morgan fingerprint density at radius 3 is 1.42 bits per heavy atom. The van der Waals surface area contributed by atoms with Crippen molar-refractivity contribution >= 4 is 46.4 Å². The van der Waals surface area contributed by atoms with Gasteiger partial charge in [0.05, 0.1) is 0 Å². The molecule has 0 aliphatic rings. The molecule has 0 N–H and O–H groups in total. The zero-order valence-corrected chi connectivity index (χ0v) is 10.2. The SMILES string of the molecule is ClC(Cl)COOOCC(Cl)Cl.[V]. The molecular formula is C4H6Cl4O3V. The van der Waals surface area contributed by atoms with Crippen LogP contribution in [0.2, 0.25) is 0 Å². The smallest absolute Gasteiger partial charge is 0.134 e. The molecule has 0 heterocycles. The molecule has 0 saturated heterocycles. The molecular weight excluding hydrogens is 289 g/mol. The van der Waals surface area contributed by atoms with E-state index in [4.69, 9.17) is 46.4 Å². The second kappa shape index (κ2) is 10.7. The van der Waals surface area contributed by atoms with Crippen LogP contribution in [0, 0.1) is 0 Å². The number of hydrogen-bond donors (Lipinski definition) is 0.